The maximum absolute atomic E-state index is 11.9. The van der Waals surface area contributed by atoms with Gasteiger partial charge in [-0.05, 0) is 85.3 Å². The van der Waals surface area contributed by atoms with E-state index in [0.717, 1.165) is 43.2 Å². The van der Waals surface area contributed by atoms with Crippen LogP contribution in [0.3, 0.4) is 0 Å². The molecule has 2 N–H and O–H groups in total. The third-order valence-electron chi connectivity index (χ3n) is 10.3. The van der Waals surface area contributed by atoms with Crippen molar-refractivity contribution in [2.75, 3.05) is 0 Å². The molecule has 0 aliphatic rings. The van der Waals surface area contributed by atoms with Crippen LogP contribution >= 0.6 is 0 Å². The molecule has 0 aliphatic carbocycles. The molecule has 0 heterocycles. The zero-order valence-electron chi connectivity index (χ0n) is 36.3. The van der Waals surface area contributed by atoms with Gasteiger partial charge in [0.1, 0.15) is 27.4 Å². The van der Waals surface area contributed by atoms with Gasteiger partial charge in [0, 0.05) is 6.07 Å². The first-order valence-corrected chi connectivity index (χ1v) is 24.8. The quantitative estimate of drug-likeness (QED) is 0.0317. The van der Waals surface area contributed by atoms with Crippen LogP contribution in [-0.2, 0) is 33.1 Å². The fourth-order valence-corrected chi connectivity index (χ4v) is 8.05. The summed E-state index contributed by atoms with van der Waals surface area (Å²) in [6.45, 7) is 4.45. The number of hydrogen-bond donors (Lipinski definition) is 2. The van der Waals surface area contributed by atoms with Gasteiger partial charge in [-0.25, -0.2) is 8.42 Å². The van der Waals surface area contributed by atoms with Gasteiger partial charge in [-0.3, -0.25) is 4.55 Å². The van der Waals surface area contributed by atoms with Crippen LogP contribution in [0.2, 0.25) is 0 Å². The number of aryl methyl sites for hydroxylation is 2. The normalized spacial score (nSPS) is 11.3. The molecular formula is C48H66CaO10S2. The van der Waals surface area contributed by atoms with Crippen molar-refractivity contribution in [2.24, 2.45) is 0 Å². The number of para-hydroxylation sites is 4. The van der Waals surface area contributed by atoms with Crippen LogP contribution in [0.25, 0.3) is 0 Å². The Bertz CT molecular complexity index is 1910. The molecule has 0 saturated heterocycles. The molecule has 0 spiro atoms. The van der Waals surface area contributed by atoms with Gasteiger partial charge in [-0.15, -0.1) is 0 Å². The van der Waals surface area contributed by atoms with Crippen LogP contribution < -0.4 is 14.6 Å². The number of aromatic hydroxyl groups is 1. The molecule has 0 amide bonds. The SMILES string of the molecule is CCCCCCCCCCCCc1cc(Oc2ccccc2O)cc(S(=O)(=O)O)c1.CCCCCCCCCCCCc1cc(Oc2ccccc2[O-])cc(S(=O)(=O)[O-])c1.[Ca+2]. The number of phenolic OH excluding ortho intramolecular Hbond substituents is 1. The molecule has 0 aromatic heterocycles. The summed E-state index contributed by atoms with van der Waals surface area (Å²) in [5.41, 5.74) is 1.51. The topological polar surface area (TPSA) is 173 Å². The summed E-state index contributed by atoms with van der Waals surface area (Å²) < 4.78 is 78.6. The van der Waals surface area contributed by atoms with Crippen molar-refractivity contribution >= 4 is 58.0 Å². The molecule has 0 bridgehead atoms. The zero-order chi connectivity index (χ0) is 43.6. The molecule has 0 fully saturated rings. The third-order valence-corrected chi connectivity index (χ3v) is 11.9. The monoisotopic (exact) mass is 906 g/mol. The molecule has 0 saturated carbocycles. The number of unbranched alkanes of at least 4 members (excludes halogenated alkanes) is 18. The van der Waals surface area contributed by atoms with Gasteiger partial charge in [0.25, 0.3) is 10.1 Å². The minimum Gasteiger partial charge on any atom is -0.870 e. The minimum absolute atomic E-state index is 0. The van der Waals surface area contributed by atoms with E-state index >= 15 is 0 Å². The van der Waals surface area contributed by atoms with Crippen LogP contribution in [-0.4, -0.2) is 68.8 Å². The second-order valence-corrected chi connectivity index (χ2v) is 18.3. The van der Waals surface area contributed by atoms with Crippen LogP contribution in [0.4, 0.5) is 0 Å². The molecule has 0 unspecified atom stereocenters. The Balaban J connectivity index is 0.000000413. The molecule has 4 rings (SSSR count). The van der Waals surface area contributed by atoms with Crippen molar-refractivity contribution in [3.63, 3.8) is 0 Å². The molecule has 0 aliphatic heterocycles. The van der Waals surface area contributed by atoms with Gasteiger partial charge in [-0.2, -0.15) is 8.42 Å². The number of rotatable bonds is 28. The van der Waals surface area contributed by atoms with Crippen molar-refractivity contribution in [3.05, 3.63) is 96.1 Å². The van der Waals surface area contributed by atoms with E-state index in [1.165, 1.54) is 139 Å². The fourth-order valence-electron chi connectivity index (χ4n) is 6.93. The van der Waals surface area contributed by atoms with Crippen molar-refractivity contribution < 1.29 is 45.6 Å². The smallest absolute Gasteiger partial charge is 0.870 e. The number of phenols is 1. The first-order chi connectivity index (χ1) is 28.8. The molecule has 4 aromatic carbocycles. The predicted octanol–water partition coefficient (Wildman–Crippen LogP) is 12.4. The minimum atomic E-state index is -4.61. The summed E-state index contributed by atoms with van der Waals surface area (Å²) in [4.78, 5) is -0.525. The molecular weight excluding hydrogens is 841 g/mol. The van der Waals surface area contributed by atoms with Gasteiger partial charge in [0.15, 0.2) is 11.5 Å². The Morgan fingerprint density at radius 3 is 1.31 bits per heavy atom. The van der Waals surface area contributed by atoms with E-state index in [0.29, 0.717) is 12.8 Å². The van der Waals surface area contributed by atoms with Gasteiger partial charge < -0.3 is 24.2 Å². The number of hydrogen-bond acceptors (Lipinski definition) is 9. The maximum Gasteiger partial charge on any atom is 2.00 e. The molecule has 0 radical (unpaired) electrons. The molecule has 61 heavy (non-hydrogen) atoms. The van der Waals surface area contributed by atoms with E-state index in [1.54, 1.807) is 42.5 Å². The third kappa shape index (κ3) is 22.9. The van der Waals surface area contributed by atoms with Gasteiger partial charge in [-0.1, -0.05) is 166 Å². The first kappa shape index (κ1) is 54.3. The second-order valence-electron chi connectivity index (χ2n) is 15.5. The molecule has 10 nitrogen and oxygen atoms in total. The summed E-state index contributed by atoms with van der Waals surface area (Å²) in [7, 11) is -8.96. The molecule has 332 valence electrons. The predicted molar refractivity (Wildman–Crippen MR) is 242 cm³/mol. The summed E-state index contributed by atoms with van der Waals surface area (Å²) >= 11 is 0. The molecule has 0 atom stereocenters. The van der Waals surface area contributed by atoms with Crippen LogP contribution in [0, 0.1) is 0 Å². The fraction of sp³-hybridized carbons (Fsp3) is 0.500. The van der Waals surface area contributed by atoms with Gasteiger partial charge >= 0.3 is 37.7 Å². The molecule has 13 heteroatoms. The van der Waals surface area contributed by atoms with Crippen molar-refractivity contribution in [1.29, 1.82) is 0 Å². The first-order valence-electron chi connectivity index (χ1n) is 21.9. The zero-order valence-corrected chi connectivity index (χ0v) is 40.2. The Morgan fingerprint density at radius 2 is 0.885 bits per heavy atom. The van der Waals surface area contributed by atoms with Crippen LogP contribution in [0.15, 0.2) is 94.7 Å². The summed E-state index contributed by atoms with van der Waals surface area (Å²) in [5, 5.41) is 21.7. The van der Waals surface area contributed by atoms with Crippen LogP contribution in [0.1, 0.15) is 153 Å². The van der Waals surface area contributed by atoms with Gasteiger partial charge in [0.2, 0.25) is 0 Å². The largest absolute Gasteiger partial charge is 2.00 e. The average molecular weight is 907 g/mol. The van der Waals surface area contributed by atoms with Gasteiger partial charge in [0.05, 0.1) is 9.79 Å². The second kappa shape index (κ2) is 30.3. The maximum atomic E-state index is 11.9. The molecule has 4 aromatic rings. The Kier molecular flexibility index (Phi) is 27.0. The van der Waals surface area contributed by atoms with Crippen molar-refractivity contribution in [3.8, 4) is 34.5 Å². The van der Waals surface area contributed by atoms with Crippen LogP contribution in [0.5, 0.6) is 34.5 Å². The van der Waals surface area contributed by atoms with E-state index in [-0.39, 0.29) is 82.0 Å². The Hall–Kier alpha value is -2.84. The Labute approximate surface area is 396 Å². The summed E-state index contributed by atoms with van der Waals surface area (Å²) in [6.07, 6.45) is 25.8. The van der Waals surface area contributed by atoms with Crippen molar-refractivity contribution in [2.45, 2.75) is 165 Å². The van der Waals surface area contributed by atoms with E-state index in [4.69, 9.17) is 9.47 Å². The number of benzene rings is 4. The van der Waals surface area contributed by atoms with E-state index in [2.05, 4.69) is 13.8 Å². The number of ether oxygens (including phenoxy) is 2. The van der Waals surface area contributed by atoms with E-state index in [1.807, 2.05) is 0 Å². The average Bonchev–Trinajstić information content (AvgIpc) is 3.20. The van der Waals surface area contributed by atoms with E-state index < -0.39 is 20.2 Å². The van der Waals surface area contributed by atoms with Crippen molar-refractivity contribution in [1.82, 2.24) is 0 Å². The van der Waals surface area contributed by atoms with E-state index in [9.17, 15) is 36.2 Å². The summed E-state index contributed by atoms with van der Waals surface area (Å²) in [5.74, 6) is 0.457. The summed E-state index contributed by atoms with van der Waals surface area (Å²) in [6, 6.07) is 21.4. The standard InChI is InChI=1S/2C24H34O5S.Ca/c2*1-2-3-4-5-6-7-8-9-10-11-14-20-17-21(19-22(18-20)30(26,27)28)29-24-16-13-12-15-23(24)25;/h2*12-13,15-19,25H,2-11,14H2,1H3,(H,26,27,28);/q;;+2/p-2. The Morgan fingerprint density at radius 1 is 0.508 bits per heavy atom.